The third-order valence-electron chi connectivity index (χ3n) is 2.91. The van der Waals surface area contributed by atoms with Crippen molar-refractivity contribution in [2.45, 2.75) is 32.9 Å². The van der Waals surface area contributed by atoms with E-state index in [9.17, 15) is 13.2 Å². The molecule has 0 aliphatic heterocycles. The number of alkyl halides is 3. The first-order valence-electron chi connectivity index (χ1n) is 6.17. The number of pyridine rings is 1. The van der Waals surface area contributed by atoms with Crippen molar-refractivity contribution in [1.29, 1.82) is 0 Å². The number of nitrogens with zero attached hydrogens (tertiary/aromatic N) is 3. The van der Waals surface area contributed by atoms with Crippen LogP contribution in [0.1, 0.15) is 30.8 Å². The molecule has 0 unspecified atom stereocenters. The fraction of sp³-hybridized carbons (Fsp3) is 0.385. The Labute approximate surface area is 119 Å². The molecule has 0 radical (unpaired) electrons. The van der Waals surface area contributed by atoms with Crippen molar-refractivity contribution >= 4 is 11.6 Å². The summed E-state index contributed by atoms with van der Waals surface area (Å²) < 4.78 is 39.3. The van der Waals surface area contributed by atoms with Gasteiger partial charge in [-0.1, -0.05) is 25.4 Å². The van der Waals surface area contributed by atoms with Gasteiger partial charge in [0.2, 0.25) is 0 Å². The third kappa shape index (κ3) is 2.80. The Kier molecular flexibility index (Phi) is 4.04. The van der Waals surface area contributed by atoms with Crippen molar-refractivity contribution in [2.75, 3.05) is 0 Å². The van der Waals surface area contributed by atoms with Gasteiger partial charge in [0.05, 0.1) is 16.3 Å². The van der Waals surface area contributed by atoms with Crippen LogP contribution in [-0.2, 0) is 19.0 Å². The summed E-state index contributed by atoms with van der Waals surface area (Å²) in [4.78, 5) is 3.82. The molecule has 2 rings (SSSR count). The molecule has 0 fully saturated rings. The van der Waals surface area contributed by atoms with Crippen LogP contribution in [0.2, 0.25) is 5.02 Å². The molecule has 0 spiro atoms. The van der Waals surface area contributed by atoms with Crippen molar-refractivity contribution in [1.82, 2.24) is 14.8 Å². The molecule has 0 aliphatic rings. The first-order valence-corrected chi connectivity index (χ1v) is 6.55. The maximum Gasteiger partial charge on any atom is 0.417 e. The summed E-state index contributed by atoms with van der Waals surface area (Å²) in [5.74, 6) is 0.219. The number of hydrogen-bond acceptors (Lipinski definition) is 2. The Morgan fingerprint density at radius 2 is 1.90 bits per heavy atom. The van der Waals surface area contributed by atoms with Crippen LogP contribution in [0, 0.1) is 0 Å². The van der Waals surface area contributed by atoms with Crippen molar-refractivity contribution in [3.8, 4) is 5.82 Å². The van der Waals surface area contributed by atoms with Gasteiger partial charge in [-0.2, -0.15) is 18.3 Å². The molecule has 0 saturated heterocycles. The van der Waals surface area contributed by atoms with Crippen LogP contribution in [0.3, 0.4) is 0 Å². The van der Waals surface area contributed by atoms with E-state index in [1.54, 1.807) is 0 Å². The van der Waals surface area contributed by atoms with Crippen LogP contribution in [0.4, 0.5) is 13.2 Å². The average Bonchev–Trinajstić information content (AvgIpc) is 2.80. The molecule has 2 heterocycles. The minimum absolute atomic E-state index is 0.0692. The van der Waals surface area contributed by atoms with E-state index in [4.69, 9.17) is 11.6 Å². The summed E-state index contributed by atoms with van der Waals surface area (Å²) in [6.07, 6.45) is -2.26. The Morgan fingerprint density at radius 3 is 2.40 bits per heavy atom. The molecular formula is C13H13ClF3N3. The summed E-state index contributed by atoms with van der Waals surface area (Å²) in [6.45, 7) is 3.89. The highest BCUT2D eigenvalue weighted by Gasteiger charge is 2.31. The quantitative estimate of drug-likeness (QED) is 0.856. The Bertz CT molecular complexity index is 620. The van der Waals surface area contributed by atoms with E-state index in [0.717, 1.165) is 30.1 Å². The second-order valence-electron chi connectivity index (χ2n) is 4.27. The SMILES string of the molecule is CCc1cc(CC)n(-c2ncc(C(F)(F)F)cc2Cl)n1. The summed E-state index contributed by atoms with van der Waals surface area (Å²) >= 11 is 5.93. The molecule has 0 aromatic carbocycles. The molecule has 0 saturated carbocycles. The molecule has 0 aliphatic carbocycles. The molecule has 0 amide bonds. The lowest BCUT2D eigenvalue weighted by Gasteiger charge is -2.10. The summed E-state index contributed by atoms with van der Waals surface area (Å²) in [5.41, 5.74) is 0.836. The van der Waals surface area contributed by atoms with Crippen molar-refractivity contribution in [3.63, 3.8) is 0 Å². The van der Waals surface area contributed by atoms with Gasteiger partial charge in [-0.3, -0.25) is 0 Å². The highest BCUT2D eigenvalue weighted by Crippen LogP contribution is 2.32. The van der Waals surface area contributed by atoms with Gasteiger partial charge in [-0.05, 0) is 25.0 Å². The average molecular weight is 304 g/mol. The largest absolute Gasteiger partial charge is 0.417 e. The molecule has 3 nitrogen and oxygen atoms in total. The summed E-state index contributed by atoms with van der Waals surface area (Å²) in [6, 6.07) is 2.77. The molecule has 2 aromatic rings. The Balaban J connectivity index is 2.51. The van der Waals surface area contributed by atoms with Gasteiger partial charge in [0.25, 0.3) is 0 Å². The van der Waals surface area contributed by atoms with Crippen LogP contribution in [0.5, 0.6) is 0 Å². The maximum atomic E-state index is 12.6. The fourth-order valence-electron chi connectivity index (χ4n) is 1.82. The molecule has 7 heteroatoms. The van der Waals surface area contributed by atoms with Gasteiger partial charge in [-0.25, -0.2) is 9.67 Å². The third-order valence-corrected chi connectivity index (χ3v) is 3.19. The zero-order valence-corrected chi connectivity index (χ0v) is 11.8. The lowest BCUT2D eigenvalue weighted by Crippen LogP contribution is -2.09. The van der Waals surface area contributed by atoms with Gasteiger partial charge in [0, 0.05) is 11.9 Å². The lowest BCUT2D eigenvalue weighted by molar-refractivity contribution is -0.137. The topological polar surface area (TPSA) is 30.7 Å². The van der Waals surface area contributed by atoms with E-state index in [1.807, 2.05) is 19.9 Å². The van der Waals surface area contributed by atoms with Crippen LogP contribution in [0.15, 0.2) is 18.3 Å². The highest BCUT2D eigenvalue weighted by molar-refractivity contribution is 6.32. The number of aromatic nitrogens is 3. The molecular weight excluding hydrogens is 291 g/mol. The zero-order valence-electron chi connectivity index (χ0n) is 11.0. The molecule has 2 aromatic heterocycles. The lowest BCUT2D eigenvalue weighted by atomic mass is 10.2. The summed E-state index contributed by atoms with van der Waals surface area (Å²) in [7, 11) is 0. The van der Waals surface area contributed by atoms with Crippen molar-refractivity contribution in [3.05, 3.63) is 40.3 Å². The highest BCUT2D eigenvalue weighted by atomic mass is 35.5. The van der Waals surface area contributed by atoms with Crippen LogP contribution < -0.4 is 0 Å². The molecule has 108 valence electrons. The fourth-order valence-corrected chi connectivity index (χ4v) is 2.07. The minimum Gasteiger partial charge on any atom is -0.235 e. The second kappa shape index (κ2) is 5.44. The van der Waals surface area contributed by atoms with Crippen molar-refractivity contribution < 1.29 is 13.2 Å². The smallest absolute Gasteiger partial charge is 0.235 e. The van der Waals surface area contributed by atoms with Crippen LogP contribution >= 0.6 is 11.6 Å². The van der Waals surface area contributed by atoms with Gasteiger partial charge in [0.15, 0.2) is 5.82 Å². The first-order chi connectivity index (χ1) is 9.36. The number of aryl methyl sites for hydroxylation is 2. The predicted molar refractivity (Wildman–Crippen MR) is 70.1 cm³/mol. The second-order valence-corrected chi connectivity index (χ2v) is 4.68. The van der Waals surface area contributed by atoms with Crippen LogP contribution in [0.25, 0.3) is 5.82 Å². The summed E-state index contributed by atoms with van der Waals surface area (Å²) in [5, 5.41) is 4.24. The predicted octanol–water partition coefficient (Wildman–Crippen LogP) is 4.06. The molecule has 0 bridgehead atoms. The monoisotopic (exact) mass is 303 g/mol. The van der Waals surface area contributed by atoms with E-state index in [2.05, 4.69) is 10.1 Å². The number of rotatable bonds is 3. The Hall–Kier alpha value is -1.56. The molecule has 0 atom stereocenters. The van der Waals surface area contributed by atoms with Crippen molar-refractivity contribution in [2.24, 2.45) is 0 Å². The Morgan fingerprint density at radius 1 is 1.20 bits per heavy atom. The van der Waals surface area contributed by atoms with Gasteiger partial charge >= 0.3 is 6.18 Å². The standard InChI is InChI=1S/C13H13ClF3N3/c1-3-9-6-10(4-2)20(19-9)12-11(14)5-8(7-18-12)13(15,16)17/h5-7H,3-4H2,1-2H3. The number of hydrogen-bond donors (Lipinski definition) is 0. The minimum atomic E-state index is -4.46. The van der Waals surface area contributed by atoms with Gasteiger partial charge in [-0.15, -0.1) is 0 Å². The zero-order chi connectivity index (χ0) is 14.9. The van der Waals surface area contributed by atoms with E-state index in [0.29, 0.717) is 6.42 Å². The first kappa shape index (κ1) is 14.8. The maximum absolute atomic E-state index is 12.6. The van der Waals surface area contributed by atoms with Gasteiger partial charge in [0.1, 0.15) is 0 Å². The van der Waals surface area contributed by atoms with Crippen LogP contribution in [-0.4, -0.2) is 14.8 Å². The van der Waals surface area contributed by atoms with E-state index >= 15 is 0 Å². The number of halogens is 4. The van der Waals surface area contributed by atoms with E-state index in [1.165, 1.54) is 4.68 Å². The van der Waals surface area contributed by atoms with E-state index in [-0.39, 0.29) is 10.8 Å². The molecule has 20 heavy (non-hydrogen) atoms. The normalized spacial score (nSPS) is 11.9. The van der Waals surface area contributed by atoms with E-state index < -0.39 is 11.7 Å². The molecule has 0 N–H and O–H groups in total. The van der Waals surface area contributed by atoms with Gasteiger partial charge < -0.3 is 0 Å².